The van der Waals surface area contributed by atoms with Gasteiger partial charge in [-0.3, -0.25) is 14.6 Å². The monoisotopic (exact) mass is 437 g/mol. The molecule has 0 unspecified atom stereocenters. The number of amides is 2. The lowest BCUT2D eigenvalue weighted by Gasteiger charge is -2.58. The Balaban J connectivity index is 1.35. The molecular weight excluding hydrogens is 414 g/mol. The molecule has 0 radical (unpaired) electrons. The molecule has 5 rings (SSSR count). The van der Waals surface area contributed by atoms with Crippen molar-refractivity contribution in [1.29, 1.82) is 0 Å². The van der Waals surface area contributed by atoms with Crippen LogP contribution >= 0.6 is 0 Å². The highest BCUT2D eigenvalue weighted by molar-refractivity contribution is 5.96. The predicted octanol–water partition coefficient (Wildman–Crippen LogP) is 2.29. The van der Waals surface area contributed by atoms with Crippen LogP contribution in [-0.2, 0) is 4.79 Å². The van der Waals surface area contributed by atoms with E-state index in [4.69, 9.17) is 0 Å². The molecule has 2 aliphatic heterocycles. The fourth-order valence-electron chi connectivity index (χ4n) is 4.76. The van der Waals surface area contributed by atoms with E-state index < -0.39 is 0 Å². The number of pyridine rings is 1. The van der Waals surface area contributed by atoms with Crippen molar-refractivity contribution in [1.82, 2.24) is 14.8 Å². The lowest BCUT2D eigenvalue weighted by molar-refractivity contribution is -0.159. The van der Waals surface area contributed by atoms with E-state index in [1.54, 1.807) is 34.2 Å². The lowest BCUT2D eigenvalue weighted by atomic mass is 9.73. The molecule has 2 aliphatic rings. The lowest BCUT2D eigenvalue weighted by Crippen LogP contribution is -2.73. The van der Waals surface area contributed by atoms with Crippen LogP contribution in [0.25, 0.3) is 0 Å². The summed E-state index contributed by atoms with van der Waals surface area (Å²) in [5.41, 5.74) is 3.20. The number of aliphatic hydroxyl groups is 1. The van der Waals surface area contributed by atoms with Gasteiger partial charge in [0.05, 0.1) is 18.7 Å². The van der Waals surface area contributed by atoms with Gasteiger partial charge in [0.1, 0.15) is 12.2 Å². The van der Waals surface area contributed by atoms with Gasteiger partial charge in [0, 0.05) is 29.8 Å². The minimum atomic E-state index is -0.282. The summed E-state index contributed by atoms with van der Waals surface area (Å²) < 4.78 is 0. The van der Waals surface area contributed by atoms with Crippen LogP contribution in [0.5, 0.6) is 0 Å². The Labute approximate surface area is 192 Å². The Morgan fingerprint density at radius 1 is 0.970 bits per heavy atom. The summed E-state index contributed by atoms with van der Waals surface area (Å²) in [6.07, 6.45) is 1.57. The first-order chi connectivity index (χ1) is 16.2. The molecule has 1 aromatic heterocycles. The normalized spacial score (nSPS) is 21.5. The van der Waals surface area contributed by atoms with Crippen LogP contribution in [0.2, 0.25) is 0 Å². The number of carbonyl (C=O) groups is 2. The Kier molecular flexibility index (Phi) is 5.64. The van der Waals surface area contributed by atoms with E-state index >= 15 is 0 Å². The molecule has 33 heavy (non-hydrogen) atoms. The number of rotatable bonds is 3. The largest absolute Gasteiger partial charge is 0.394 e. The molecule has 2 saturated heterocycles. The number of hydrogen-bond acceptors (Lipinski definition) is 4. The molecule has 3 heterocycles. The van der Waals surface area contributed by atoms with Gasteiger partial charge in [-0.05, 0) is 42.0 Å². The molecule has 1 N–H and O–H groups in total. The van der Waals surface area contributed by atoms with Gasteiger partial charge in [0.15, 0.2) is 0 Å². The SMILES string of the molecule is O=C(c1ccccn1)N1CC(=O)N2[C@H](C1)[C@@H](c1ccc(C#Cc3ccccc3)cc1)[C@@H]2CO. The second-order valence-electron chi connectivity index (χ2n) is 8.28. The number of benzene rings is 2. The maximum Gasteiger partial charge on any atom is 0.272 e. The third-order valence-electron chi connectivity index (χ3n) is 6.34. The molecule has 2 fully saturated rings. The van der Waals surface area contributed by atoms with Gasteiger partial charge in [-0.15, -0.1) is 0 Å². The molecular formula is C27H23N3O3. The molecule has 0 bridgehead atoms. The molecule has 6 heteroatoms. The van der Waals surface area contributed by atoms with Crippen LogP contribution in [0.15, 0.2) is 79.0 Å². The van der Waals surface area contributed by atoms with Gasteiger partial charge < -0.3 is 14.9 Å². The predicted molar refractivity (Wildman–Crippen MR) is 123 cm³/mol. The second-order valence-corrected chi connectivity index (χ2v) is 8.28. The van der Waals surface area contributed by atoms with Crippen molar-refractivity contribution in [2.24, 2.45) is 0 Å². The quantitative estimate of drug-likeness (QED) is 0.638. The minimum Gasteiger partial charge on any atom is -0.394 e. The zero-order valence-electron chi connectivity index (χ0n) is 18.0. The second kappa shape index (κ2) is 8.89. The highest BCUT2D eigenvalue weighted by Gasteiger charge is 2.54. The van der Waals surface area contributed by atoms with E-state index in [2.05, 4.69) is 16.8 Å². The molecule has 164 valence electrons. The van der Waals surface area contributed by atoms with Gasteiger partial charge in [-0.1, -0.05) is 48.2 Å². The molecule has 3 aromatic rings. The fourth-order valence-corrected chi connectivity index (χ4v) is 4.76. The highest BCUT2D eigenvalue weighted by Crippen LogP contribution is 2.43. The number of aliphatic hydroxyl groups excluding tert-OH is 1. The number of hydrogen-bond donors (Lipinski definition) is 1. The number of carbonyl (C=O) groups excluding carboxylic acids is 2. The molecule has 2 amide bonds. The Hall–Kier alpha value is -3.95. The smallest absolute Gasteiger partial charge is 0.272 e. The van der Waals surface area contributed by atoms with Crippen LogP contribution < -0.4 is 0 Å². The van der Waals surface area contributed by atoms with Crippen LogP contribution in [0, 0.1) is 11.8 Å². The number of nitrogens with zero attached hydrogens (tertiary/aromatic N) is 3. The van der Waals surface area contributed by atoms with E-state index in [0.29, 0.717) is 12.2 Å². The Morgan fingerprint density at radius 2 is 1.67 bits per heavy atom. The standard InChI is InChI=1S/C27H23N3O3/c31-18-24-26(21-13-11-20(12-14-21)10-9-19-6-2-1-3-7-19)23-16-29(17-25(32)30(23)24)27(33)22-8-4-5-15-28-22/h1-8,11-15,23-24,26,31H,16-18H2/t23-,24+,26-/m1/s1. The molecule has 0 aliphatic carbocycles. The average Bonchev–Trinajstić information content (AvgIpc) is 2.85. The van der Waals surface area contributed by atoms with Crippen molar-refractivity contribution < 1.29 is 14.7 Å². The number of piperazine rings is 1. The van der Waals surface area contributed by atoms with Crippen molar-refractivity contribution >= 4 is 11.8 Å². The summed E-state index contributed by atoms with van der Waals surface area (Å²) in [6, 6.07) is 22.5. The summed E-state index contributed by atoms with van der Waals surface area (Å²) in [6.45, 7) is 0.303. The van der Waals surface area contributed by atoms with E-state index in [-0.39, 0.29) is 43.0 Å². The number of fused-ring (bicyclic) bond motifs is 1. The average molecular weight is 437 g/mol. The van der Waals surface area contributed by atoms with Crippen molar-refractivity contribution in [3.63, 3.8) is 0 Å². The maximum absolute atomic E-state index is 12.9. The van der Waals surface area contributed by atoms with E-state index in [9.17, 15) is 14.7 Å². The molecule has 2 aromatic carbocycles. The molecule has 0 spiro atoms. The number of aromatic nitrogens is 1. The first-order valence-corrected chi connectivity index (χ1v) is 10.9. The molecule has 6 nitrogen and oxygen atoms in total. The summed E-state index contributed by atoms with van der Waals surface area (Å²) in [5, 5.41) is 9.99. The summed E-state index contributed by atoms with van der Waals surface area (Å²) in [7, 11) is 0. The summed E-state index contributed by atoms with van der Waals surface area (Å²) in [5.74, 6) is 5.88. The van der Waals surface area contributed by atoms with Gasteiger partial charge >= 0.3 is 0 Å². The molecule has 0 saturated carbocycles. The fraction of sp³-hybridized carbons (Fsp3) is 0.222. The van der Waals surface area contributed by atoms with E-state index in [0.717, 1.165) is 16.7 Å². The summed E-state index contributed by atoms with van der Waals surface area (Å²) in [4.78, 5) is 33.1. The van der Waals surface area contributed by atoms with Crippen molar-refractivity contribution in [3.05, 3.63) is 101 Å². The third kappa shape index (κ3) is 3.99. The van der Waals surface area contributed by atoms with Crippen LogP contribution in [0.3, 0.4) is 0 Å². The Morgan fingerprint density at radius 3 is 2.33 bits per heavy atom. The van der Waals surface area contributed by atoms with Crippen molar-refractivity contribution in [2.75, 3.05) is 19.7 Å². The zero-order valence-corrected chi connectivity index (χ0v) is 18.0. The first kappa shape index (κ1) is 20.9. The van der Waals surface area contributed by atoms with Crippen molar-refractivity contribution in [3.8, 4) is 11.8 Å². The van der Waals surface area contributed by atoms with Crippen LogP contribution in [-0.4, -0.2) is 63.5 Å². The first-order valence-electron chi connectivity index (χ1n) is 10.9. The van der Waals surface area contributed by atoms with E-state index in [1.165, 1.54) is 0 Å². The maximum atomic E-state index is 12.9. The van der Waals surface area contributed by atoms with Crippen LogP contribution in [0.4, 0.5) is 0 Å². The van der Waals surface area contributed by atoms with Gasteiger partial charge in [-0.25, -0.2) is 0 Å². The van der Waals surface area contributed by atoms with Crippen LogP contribution in [0.1, 0.15) is 33.1 Å². The topological polar surface area (TPSA) is 73.7 Å². The molecule has 3 atom stereocenters. The van der Waals surface area contributed by atoms with E-state index in [1.807, 2.05) is 54.6 Å². The van der Waals surface area contributed by atoms with Gasteiger partial charge in [0.25, 0.3) is 5.91 Å². The third-order valence-corrected chi connectivity index (χ3v) is 6.34. The van der Waals surface area contributed by atoms with Crippen molar-refractivity contribution in [2.45, 2.75) is 18.0 Å². The Bertz CT molecular complexity index is 1220. The minimum absolute atomic E-state index is 0.00312. The zero-order chi connectivity index (χ0) is 22.8. The summed E-state index contributed by atoms with van der Waals surface area (Å²) >= 11 is 0. The highest BCUT2D eigenvalue weighted by atomic mass is 16.3. The van der Waals surface area contributed by atoms with Gasteiger partial charge in [0.2, 0.25) is 5.91 Å². The van der Waals surface area contributed by atoms with Gasteiger partial charge in [-0.2, -0.15) is 0 Å².